The van der Waals surface area contributed by atoms with Crippen molar-refractivity contribution >= 4 is 0 Å². The van der Waals surface area contributed by atoms with Crippen molar-refractivity contribution in [1.82, 2.24) is 0 Å². The molecular weight excluding hydrogens is 212 g/mol. The quantitative estimate of drug-likeness (QED) is 0.706. The highest BCUT2D eigenvalue weighted by Crippen LogP contribution is 2.54. The topological polar surface area (TPSA) is 57.2 Å². The standard InChI is InChI=1S/C11H18O5/c1-10(2)15-8-9(13-3)14-7-6(12)4-5-11(7,8)16-10/h6-9,12H,4-5H2,1-3H3/t6-,7-,8?,9?,11-/m1/s1. The molecule has 5 heteroatoms. The lowest BCUT2D eigenvalue weighted by Gasteiger charge is -2.27. The molecule has 3 rings (SSSR count). The lowest BCUT2D eigenvalue weighted by Crippen LogP contribution is -2.45. The fourth-order valence-electron chi connectivity index (χ4n) is 3.24. The Hall–Kier alpha value is -0.200. The van der Waals surface area contributed by atoms with Crippen LogP contribution in [0.5, 0.6) is 0 Å². The van der Waals surface area contributed by atoms with Gasteiger partial charge < -0.3 is 24.1 Å². The number of ether oxygens (including phenoxy) is 4. The molecule has 1 aliphatic carbocycles. The first-order chi connectivity index (χ1) is 7.48. The number of aliphatic hydroxyl groups excluding tert-OH is 1. The Morgan fingerprint density at radius 2 is 2.06 bits per heavy atom. The fraction of sp³-hybridized carbons (Fsp3) is 1.00. The Morgan fingerprint density at radius 3 is 2.75 bits per heavy atom. The van der Waals surface area contributed by atoms with Gasteiger partial charge in [-0.05, 0) is 26.7 Å². The van der Waals surface area contributed by atoms with Crippen LogP contribution in [0.4, 0.5) is 0 Å². The van der Waals surface area contributed by atoms with Crippen molar-refractivity contribution in [3.63, 3.8) is 0 Å². The summed E-state index contributed by atoms with van der Waals surface area (Å²) in [6.07, 6.45) is -0.0511. The van der Waals surface area contributed by atoms with Crippen LogP contribution in [0.3, 0.4) is 0 Å². The molecule has 1 saturated carbocycles. The monoisotopic (exact) mass is 230 g/mol. The minimum atomic E-state index is -0.631. The molecule has 0 radical (unpaired) electrons. The minimum Gasteiger partial charge on any atom is -0.390 e. The molecular formula is C11H18O5. The summed E-state index contributed by atoms with van der Waals surface area (Å²) in [5.74, 6) is -0.631. The maximum atomic E-state index is 9.91. The van der Waals surface area contributed by atoms with Crippen LogP contribution in [-0.2, 0) is 18.9 Å². The minimum absolute atomic E-state index is 0.241. The van der Waals surface area contributed by atoms with Gasteiger partial charge in [0.2, 0.25) is 0 Å². The van der Waals surface area contributed by atoms with E-state index < -0.39 is 23.8 Å². The number of aliphatic hydroxyl groups is 1. The van der Waals surface area contributed by atoms with Crippen molar-refractivity contribution in [2.24, 2.45) is 0 Å². The van der Waals surface area contributed by atoms with Gasteiger partial charge in [0.15, 0.2) is 12.1 Å². The Labute approximate surface area is 94.6 Å². The molecule has 2 saturated heterocycles. The highest BCUT2D eigenvalue weighted by Gasteiger charge is 2.70. The van der Waals surface area contributed by atoms with Crippen molar-refractivity contribution < 1.29 is 24.1 Å². The maximum Gasteiger partial charge on any atom is 0.187 e. The van der Waals surface area contributed by atoms with E-state index in [0.29, 0.717) is 6.42 Å². The van der Waals surface area contributed by atoms with E-state index in [0.717, 1.165) is 6.42 Å². The predicted octanol–water partition coefficient (Wildman–Crippen LogP) is 0.403. The molecule has 2 aliphatic heterocycles. The normalized spacial score (nSPS) is 54.0. The number of rotatable bonds is 1. The lowest BCUT2D eigenvalue weighted by atomic mass is 9.95. The van der Waals surface area contributed by atoms with E-state index in [9.17, 15) is 5.11 Å². The van der Waals surface area contributed by atoms with Crippen LogP contribution in [0.15, 0.2) is 0 Å². The third-order valence-corrected chi connectivity index (χ3v) is 3.75. The van der Waals surface area contributed by atoms with Gasteiger partial charge >= 0.3 is 0 Å². The average Bonchev–Trinajstić information content (AvgIpc) is 2.73. The van der Waals surface area contributed by atoms with Crippen LogP contribution < -0.4 is 0 Å². The van der Waals surface area contributed by atoms with Crippen molar-refractivity contribution in [2.75, 3.05) is 7.11 Å². The van der Waals surface area contributed by atoms with Crippen LogP contribution in [0, 0.1) is 0 Å². The molecule has 0 amide bonds. The summed E-state index contributed by atoms with van der Waals surface area (Å²) in [5.41, 5.74) is -0.524. The van der Waals surface area contributed by atoms with Gasteiger partial charge in [-0.15, -0.1) is 0 Å². The van der Waals surface area contributed by atoms with Gasteiger partial charge in [0.25, 0.3) is 0 Å². The van der Waals surface area contributed by atoms with Crippen molar-refractivity contribution in [1.29, 1.82) is 0 Å². The van der Waals surface area contributed by atoms with Crippen molar-refractivity contribution in [3.05, 3.63) is 0 Å². The molecule has 0 aromatic carbocycles. The SMILES string of the molecule is COC1O[C@@H]2[C@H](O)CC[C@@]23OC(C)(C)OC13. The first kappa shape index (κ1) is 10.9. The highest BCUT2D eigenvalue weighted by molar-refractivity contribution is 5.14. The number of hydrogen-bond donors (Lipinski definition) is 1. The second kappa shape index (κ2) is 3.17. The van der Waals surface area contributed by atoms with Gasteiger partial charge in [-0.25, -0.2) is 0 Å². The van der Waals surface area contributed by atoms with E-state index in [4.69, 9.17) is 18.9 Å². The van der Waals surface area contributed by atoms with Gasteiger partial charge in [0.05, 0.1) is 6.10 Å². The van der Waals surface area contributed by atoms with Gasteiger partial charge in [0, 0.05) is 7.11 Å². The molecule has 2 heterocycles. The third-order valence-electron chi connectivity index (χ3n) is 3.75. The van der Waals surface area contributed by atoms with E-state index in [1.165, 1.54) is 0 Å². The van der Waals surface area contributed by atoms with E-state index >= 15 is 0 Å². The summed E-state index contributed by atoms with van der Waals surface area (Å²) >= 11 is 0. The maximum absolute atomic E-state index is 9.91. The molecule has 1 spiro atoms. The van der Waals surface area contributed by atoms with Crippen LogP contribution >= 0.6 is 0 Å². The molecule has 0 aromatic rings. The van der Waals surface area contributed by atoms with Gasteiger partial charge in [-0.1, -0.05) is 0 Å². The zero-order valence-corrected chi connectivity index (χ0v) is 9.80. The Balaban J connectivity index is 1.96. The van der Waals surface area contributed by atoms with Crippen LogP contribution in [0.1, 0.15) is 26.7 Å². The largest absolute Gasteiger partial charge is 0.390 e. The number of hydrogen-bond acceptors (Lipinski definition) is 5. The summed E-state index contributed by atoms with van der Waals surface area (Å²) in [7, 11) is 1.58. The Kier molecular flexibility index (Phi) is 2.17. The zero-order valence-electron chi connectivity index (χ0n) is 9.80. The average molecular weight is 230 g/mol. The molecule has 92 valence electrons. The summed E-state index contributed by atoms with van der Waals surface area (Å²) in [5, 5.41) is 9.91. The van der Waals surface area contributed by atoms with E-state index in [1.54, 1.807) is 7.11 Å². The van der Waals surface area contributed by atoms with Crippen molar-refractivity contribution in [2.45, 2.75) is 62.7 Å². The fourth-order valence-corrected chi connectivity index (χ4v) is 3.24. The molecule has 3 fully saturated rings. The predicted molar refractivity (Wildman–Crippen MR) is 53.7 cm³/mol. The molecule has 16 heavy (non-hydrogen) atoms. The van der Waals surface area contributed by atoms with Crippen molar-refractivity contribution in [3.8, 4) is 0 Å². The van der Waals surface area contributed by atoms with Crippen LogP contribution in [0.2, 0.25) is 0 Å². The highest BCUT2D eigenvalue weighted by atomic mass is 16.8. The third kappa shape index (κ3) is 1.23. The van der Waals surface area contributed by atoms with Gasteiger partial charge in [0.1, 0.15) is 17.8 Å². The van der Waals surface area contributed by atoms with E-state index in [-0.39, 0.29) is 12.2 Å². The first-order valence-electron chi connectivity index (χ1n) is 5.73. The van der Waals surface area contributed by atoms with Gasteiger partial charge in [-0.2, -0.15) is 0 Å². The summed E-state index contributed by atoms with van der Waals surface area (Å²) in [4.78, 5) is 0. The lowest BCUT2D eigenvalue weighted by molar-refractivity contribution is -0.240. The summed E-state index contributed by atoms with van der Waals surface area (Å²) in [6, 6.07) is 0. The first-order valence-corrected chi connectivity index (χ1v) is 5.73. The second-order valence-corrected chi connectivity index (χ2v) is 5.26. The molecule has 5 atom stereocenters. The molecule has 0 bridgehead atoms. The number of methoxy groups -OCH3 is 1. The van der Waals surface area contributed by atoms with Crippen LogP contribution in [0.25, 0.3) is 0 Å². The Morgan fingerprint density at radius 1 is 1.31 bits per heavy atom. The van der Waals surface area contributed by atoms with Gasteiger partial charge in [-0.3, -0.25) is 0 Å². The molecule has 0 aromatic heterocycles. The zero-order chi connectivity index (χ0) is 11.6. The smallest absolute Gasteiger partial charge is 0.187 e. The molecule has 3 aliphatic rings. The van der Waals surface area contributed by atoms with Crippen LogP contribution in [-0.4, -0.2) is 48.2 Å². The molecule has 2 unspecified atom stereocenters. The van der Waals surface area contributed by atoms with E-state index in [1.807, 2.05) is 13.8 Å². The Bertz CT molecular complexity index is 305. The summed E-state index contributed by atoms with van der Waals surface area (Å²) in [6.45, 7) is 3.77. The molecule has 5 nitrogen and oxygen atoms in total. The second-order valence-electron chi connectivity index (χ2n) is 5.26. The van der Waals surface area contributed by atoms with E-state index in [2.05, 4.69) is 0 Å². The summed E-state index contributed by atoms with van der Waals surface area (Å²) < 4.78 is 22.8. The molecule has 1 N–H and O–H groups in total.